The Labute approximate surface area is 227 Å². The van der Waals surface area contributed by atoms with Gasteiger partial charge in [-0.1, -0.05) is 6.07 Å². The van der Waals surface area contributed by atoms with Crippen LogP contribution in [0.25, 0.3) is 0 Å². The van der Waals surface area contributed by atoms with Gasteiger partial charge in [0, 0.05) is 4.88 Å². The van der Waals surface area contributed by atoms with E-state index in [-0.39, 0.29) is 16.5 Å². The fourth-order valence-corrected chi connectivity index (χ4v) is 5.22. The van der Waals surface area contributed by atoms with Gasteiger partial charge in [-0.15, -0.1) is 11.3 Å². The van der Waals surface area contributed by atoms with Gasteiger partial charge >= 0.3 is 23.8 Å². The third kappa shape index (κ3) is 6.24. The van der Waals surface area contributed by atoms with Gasteiger partial charge < -0.3 is 24.3 Å². The molecular weight excluding hydrogens is 526 g/mol. The van der Waals surface area contributed by atoms with E-state index in [1.54, 1.807) is 36.4 Å². The van der Waals surface area contributed by atoms with E-state index < -0.39 is 23.8 Å². The SMILES string of the molecule is COC(=O)c1c(NC(=O)C(=O)N/N=C/c2ccc(OC(=O)c3cccc(OC)c3)c(OC)c2)sc2c1CCC2. The highest BCUT2D eigenvalue weighted by molar-refractivity contribution is 7.17. The van der Waals surface area contributed by atoms with Crippen molar-refractivity contribution >= 4 is 46.3 Å². The molecule has 2 amide bonds. The highest BCUT2D eigenvalue weighted by Crippen LogP contribution is 2.39. The van der Waals surface area contributed by atoms with Crippen LogP contribution in [0.5, 0.6) is 17.2 Å². The zero-order chi connectivity index (χ0) is 27.9. The molecule has 0 aliphatic heterocycles. The van der Waals surface area contributed by atoms with Crippen molar-refractivity contribution in [2.75, 3.05) is 26.6 Å². The number of esters is 2. The number of anilines is 1. The molecule has 11 nitrogen and oxygen atoms in total. The number of hydrogen-bond acceptors (Lipinski definition) is 10. The summed E-state index contributed by atoms with van der Waals surface area (Å²) in [4.78, 5) is 50.5. The second-order valence-electron chi connectivity index (χ2n) is 8.24. The number of methoxy groups -OCH3 is 3. The summed E-state index contributed by atoms with van der Waals surface area (Å²) in [5, 5.41) is 6.57. The fraction of sp³-hybridized carbons (Fsp3) is 0.222. The fourth-order valence-electron chi connectivity index (χ4n) is 3.94. The second-order valence-corrected chi connectivity index (χ2v) is 9.34. The van der Waals surface area contributed by atoms with E-state index >= 15 is 0 Å². The summed E-state index contributed by atoms with van der Waals surface area (Å²) >= 11 is 1.26. The number of benzene rings is 2. The van der Waals surface area contributed by atoms with E-state index in [1.807, 2.05) is 0 Å². The molecule has 1 aliphatic carbocycles. The predicted molar refractivity (Wildman–Crippen MR) is 143 cm³/mol. The van der Waals surface area contributed by atoms with Gasteiger partial charge in [0.15, 0.2) is 11.5 Å². The Bertz CT molecular complexity index is 1460. The number of amides is 2. The zero-order valence-electron chi connectivity index (χ0n) is 21.4. The molecule has 0 radical (unpaired) electrons. The molecule has 0 saturated heterocycles. The van der Waals surface area contributed by atoms with Crippen molar-refractivity contribution in [3.05, 3.63) is 69.6 Å². The first-order valence-electron chi connectivity index (χ1n) is 11.8. The van der Waals surface area contributed by atoms with Crippen LogP contribution in [0, 0.1) is 0 Å². The van der Waals surface area contributed by atoms with Gasteiger partial charge in [0.2, 0.25) is 0 Å². The molecule has 4 rings (SSSR count). The number of fused-ring (bicyclic) bond motifs is 1. The van der Waals surface area contributed by atoms with Gasteiger partial charge in [-0.25, -0.2) is 15.0 Å². The minimum atomic E-state index is -1.02. The molecule has 0 atom stereocenters. The molecule has 1 aliphatic rings. The lowest BCUT2D eigenvalue weighted by atomic mass is 10.1. The molecule has 1 aromatic heterocycles. The van der Waals surface area contributed by atoms with Crippen molar-refractivity contribution in [3.63, 3.8) is 0 Å². The van der Waals surface area contributed by atoms with Crippen molar-refractivity contribution in [1.82, 2.24) is 5.43 Å². The number of ether oxygens (including phenoxy) is 4. The molecule has 2 aromatic carbocycles. The molecular formula is C27H25N3O8S. The van der Waals surface area contributed by atoms with Crippen molar-refractivity contribution in [3.8, 4) is 17.2 Å². The van der Waals surface area contributed by atoms with Crippen LogP contribution in [0.1, 0.15) is 43.1 Å². The minimum Gasteiger partial charge on any atom is -0.497 e. The Morgan fingerprint density at radius 3 is 2.49 bits per heavy atom. The van der Waals surface area contributed by atoms with Gasteiger partial charge in [0.25, 0.3) is 0 Å². The van der Waals surface area contributed by atoms with E-state index in [0.717, 1.165) is 23.3 Å². The van der Waals surface area contributed by atoms with Gasteiger partial charge in [-0.2, -0.15) is 5.10 Å². The van der Waals surface area contributed by atoms with Gasteiger partial charge in [-0.05, 0) is 66.8 Å². The van der Waals surface area contributed by atoms with Crippen molar-refractivity contribution < 1.29 is 38.1 Å². The Morgan fingerprint density at radius 2 is 1.74 bits per heavy atom. The summed E-state index contributed by atoms with van der Waals surface area (Å²) < 4.78 is 20.7. The van der Waals surface area contributed by atoms with E-state index in [9.17, 15) is 19.2 Å². The third-order valence-corrected chi connectivity index (χ3v) is 7.03. The summed E-state index contributed by atoms with van der Waals surface area (Å²) in [7, 11) is 4.17. The van der Waals surface area contributed by atoms with Crippen LogP contribution >= 0.6 is 11.3 Å². The van der Waals surface area contributed by atoms with E-state index in [2.05, 4.69) is 15.8 Å². The number of thiophene rings is 1. The van der Waals surface area contributed by atoms with Crippen LogP contribution in [-0.2, 0) is 27.2 Å². The third-order valence-electron chi connectivity index (χ3n) is 5.82. The average Bonchev–Trinajstić information content (AvgIpc) is 3.54. The molecule has 3 aromatic rings. The van der Waals surface area contributed by atoms with Crippen LogP contribution in [0.15, 0.2) is 47.6 Å². The molecule has 39 heavy (non-hydrogen) atoms. The first kappa shape index (κ1) is 27.3. The van der Waals surface area contributed by atoms with Crippen molar-refractivity contribution in [1.29, 1.82) is 0 Å². The summed E-state index contributed by atoms with van der Waals surface area (Å²) in [6, 6.07) is 11.2. The van der Waals surface area contributed by atoms with E-state index in [0.29, 0.717) is 28.9 Å². The summed E-state index contributed by atoms with van der Waals surface area (Å²) in [5.41, 5.74) is 4.09. The summed E-state index contributed by atoms with van der Waals surface area (Å²) in [5.74, 6) is -2.22. The molecule has 1 heterocycles. The number of carbonyl (C=O) groups excluding carboxylic acids is 4. The van der Waals surface area contributed by atoms with Crippen LogP contribution in [-0.4, -0.2) is 51.3 Å². The standard InChI is InChI=1S/C27H25N3O8S/c1-35-17-7-4-6-16(13-17)26(33)38-19-11-10-15(12-20(19)36-2)14-28-30-24(32)23(31)29-25-22(27(34)37-3)18-8-5-9-21(18)39-25/h4,6-7,10-14H,5,8-9H2,1-3H3,(H,29,31)(H,30,32)/b28-14+. The van der Waals surface area contributed by atoms with Crippen LogP contribution in [0.4, 0.5) is 5.00 Å². The van der Waals surface area contributed by atoms with Crippen molar-refractivity contribution in [2.45, 2.75) is 19.3 Å². The molecule has 0 bridgehead atoms. The molecule has 202 valence electrons. The second kappa shape index (κ2) is 12.2. The number of rotatable bonds is 8. The molecule has 0 unspecified atom stereocenters. The van der Waals surface area contributed by atoms with E-state index in [4.69, 9.17) is 18.9 Å². The Kier molecular flexibility index (Phi) is 8.56. The lowest BCUT2D eigenvalue weighted by Gasteiger charge is -2.10. The van der Waals surface area contributed by atoms with Gasteiger partial charge in [0.1, 0.15) is 10.8 Å². The quantitative estimate of drug-likeness (QED) is 0.143. The molecule has 0 saturated carbocycles. The van der Waals surface area contributed by atoms with Crippen LogP contribution in [0.2, 0.25) is 0 Å². The van der Waals surface area contributed by atoms with Crippen LogP contribution in [0.3, 0.4) is 0 Å². The number of nitrogens with one attached hydrogen (secondary N) is 2. The average molecular weight is 552 g/mol. The first-order chi connectivity index (χ1) is 18.8. The molecule has 0 fully saturated rings. The topological polar surface area (TPSA) is 142 Å². The first-order valence-corrected chi connectivity index (χ1v) is 12.6. The highest BCUT2D eigenvalue weighted by Gasteiger charge is 2.29. The lowest BCUT2D eigenvalue weighted by molar-refractivity contribution is -0.136. The Hall–Kier alpha value is -4.71. The molecule has 12 heteroatoms. The lowest BCUT2D eigenvalue weighted by Crippen LogP contribution is -2.32. The number of carbonyl (C=O) groups is 4. The number of nitrogens with zero attached hydrogens (tertiary/aromatic N) is 1. The minimum absolute atomic E-state index is 0.176. The molecule has 0 spiro atoms. The largest absolute Gasteiger partial charge is 0.497 e. The smallest absolute Gasteiger partial charge is 0.343 e. The Morgan fingerprint density at radius 1 is 0.923 bits per heavy atom. The summed E-state index contributed by atoms with van der Waals surface area (Å²) in [6.07, 6.45) is 3.73. The van der Waals surface area contributed by atoms with Gasteiger partial charge in [0.05, 0.1) is 38.7 Å². The normalized spacial score (nSPS) is 12.0. The molecule has 2 N–H and O–H groups in total. The number of hydrogen-bond donors (Lipinski definition) is 2. The zero-order valence-corrected chi connectivity index (χ0v) is 22.2. The van der Waals surface area contributed by atoms with Crippen LogP contribution < -0.4 is 25.0 Å². The summed E-state index contributed by atoms with van der Waals surface area (Å²) in [6.45, 7) is 0. The highest BCUT2D eigenvalue weighted by atomic mass is 32.1. The van der Waals surface area contributed by atoms with Crippen molar-refractivity contribution in [2.24, 2.45) is 5.10 Å². The number of hydrazone groups is 1. The van der Waals surface area contributed by atoms with Gasteiger partial charge in [-0.3, -0.25) is 9.59 Å². The maximum absolute atomic E-state index is 12.5. The number of aryl methyl sites for hydroxylation is 1. The van der Waals surface area contributed by atoms with E-state index in [1.165, 1.54) is 44.9 Å². The Balaban J connectivity index is 1.38. The maximum Gasteiger partial charge on any atom is 0.343 e. The monoisotopic (exact) mass is 551 g/mol. The maximum atomic E-state index is 12.5. The predicted octanol–water partition coefficient (Wildman–Crippen LogP) is 3.35.